The lowest BCUT2D eigenvalue weighted by molar-refractivity contribution is 0.00727. The molecule has 0 aliphatic carbocycles. The summed E-state index contributed by atoms with van der Waals surface area (Å²) in [6.45, 7) is 2.37. The first-order valence-corrected chi connectivity index (χ1v) is 4.07. The summed E-state index contributed by atoms with van der Waals surface area (Å²) in [6, 6.07) is 0. The summed E-state index contributed by atoms with van der Waals surface area (Å²) >= 11 is 0. The number of carbonyl (C=O) groups excluding carboxylic acids is 1. The van der Waals surface area contributed by atoms with Crippen molar-refractivity contribution in [3.63, 3.8) is 0 Å². The van der Waals surface area contributed by atoms with Gasteiger partial charge in [0.1, 0.15) is 0 Å². The Morgan fingerprint density at radius 3 is 3.00 bits per heavy atom. The number of aromatic nitrogens is 1. The molecule has 1 heterocycles. The van der Waals surface area contributed by atoms with Gasteiger partial charge in [0.25, 0.3) is 0 Å². The van der Waals surface area contributed by atoms with Gasteiger partial charge in [0.05, 0.1) is 18.9 Å². The van der Waals surface area contributed by atoms with Gasteiger partial charge in [-0.2, -0.15) is 0 Å². The molecule has 0 saturated carbocycles. The van der Waals surface area contributed by atoms with Crippen LogP contribution in [0.2, 0.25) is 0 Å². The van der Waals surface area contributed by atoms with E-state index in [1.54, 1.807) is 14.0 Å². The maximum atomic E-state index is 11.3. The molecule has 0 atom stereocenters. The number of oxazole rings is 1. The Hall–Kier alpha value is -1.40. The molecule has 1 aromatic rings. The summed E-state index contributed by atoms with van der Waals surface area (Å²) in [5.41, 5.74) is 2.73. The van der Waals surface area contributed by atoms with E-state index in [-0.39, 0.29) is 12.4 Å². The summed E-state index contributed by atoms with van der Waals surface area (Å²) in [6.07, 6.45) is 1.21. The van der Waals surface area contributed by atoms with Crippen LogP contribution in [0.25, 0.3) is 0 Å². The minimum Gasteiger partial charge on any atom is -0.438 e. The highest BCUT2D eigenvalue weighted by atomic mass is 16.7. The van der Waals surface area contributed by atoms with E-state index in [9.17, 15) is 4.79 Å². The zero-order chi connectivity index (χ0) is 10.4. The van der Waals surface area contributed by atoms with Gasteiger partial charge in [-0.05, 0) is 6.92 Å². The smallest absolute Gasteiger partial charge is 0.312 e. The maximum absolute atomic E-state index is 11.3. The molecule has 0 aromatic carbocycles. The fourth-order valence-corrected chi connectivity index (χ4v) is 0.808. The second-order valence-electron chi connectivity index (χ2n) is 2.54. The minimum atomic E-state index is -0.448. The minimum absolute atomic E-state index is 0.155. The van der Waals surface area contributed by atoms with Crippen molar-refractivity contribution in [1.29, 1.82) is 0 Å². The van der Waals surface area contributed by atoms with Crippen molar-refractivity contribution in [1.82, 2.24) is 10.5 Å². The van der Waals surface area contributed by atoms with Crippen molar-refractivity contribution in [3.05, 3.63) is 17.8 Å². The highest BCUT2D eigenvalue weighted by Gasteiger charge is 2.13. The average Bonchev–Trinajstić information content (AvgIpc) is 2.59. The summed E-state index contributed by atoms with van der Waals surface area (Å²) < 4.78 is 9.57. The molecule has 14 heavy (non-hydrogen) atoms. The molecule has 0 fully saturated rings. The molecule has 0 unspecified atom stereocenters. The molecule has 0 aliphatic rings. The van der Waals surface area contributed by atoms with Crippen LogP contribution in [0, 0.1) is 6.92 Å². The molecule has 1 amide bonds. The Kier molecular flexibility index (Phi) is 4.09. The number of rotatable bonds is 5. The SMILES string of the molecule is COCCONC(=O)c1ocnc1C. The highest BCUT2D eigenvalue weighted by Crippen LogP contribution is 2.03. The fourth-order valence-electron chi connectivity index (χ4n) is 0.808. The van der Waals surface area contributed by atoms with E-state index in [1.165, 1.54) is 6.39 Å². The third kappa shape index (κ3) is 2.82. The predicted octanol–water partition coefficient (Wildman–Crippen LogP) is 0.291. The van der Waals surface area contributed by atoms with Crippen LogP contribution in [0.5, 0.6) is 0 Å². The van der Waals surface area contributed by atoms with Gasteiger partial charge in [-0.25, -0.2) is 10.5 Å². The Bertz CT molecular complexity index is 297. The maximum Gasteiger partial charge on any atom is 0.312 e. The molecule has 1 N–H and O–H groups in total. The Balaban J connectivity index is 2.32. The van der Waals surface area contributed by atoms with Crippen LogP contribution in [-0.4, -0.2) is 31.2 Å². The van der Waals surface area contributed by atoms with Gasteiger partial charge in [0.2, 0.25) is 5.76 Å². The number of aryl methyl sites for hydroxylation is 1. The third-order valence-electron chi connectivity index (χ3n) is 1.51. The first kappa shape index (κ1) is 10.7. The summed E-state index contributed by atoms with van der Waals surface area (Å²) in [4.78, 5) is 19.9. The topological polar surface area (TPSA) is 73.6 Å². The molecule has 78 valence electrons. The molecular formula is C8H12N2O4. The van der Waals surface area contributed by atoms with E-state index in [0.29, 0.717) is 12.3 Å². The predicted molar refractivity (Wildman–Crippen MR) is 46.5 cm³/mol. The largest absolute Gasteiger partial charge is 0.438 e. The monoisotopic (exact) mass is 200 g/mol. The molecule has 0 radical (unpaired) electrons. The zero-order valence-electron chi connectivity index (χ0n) is 8.07. The van der Waals surface area contributed by atoms with Crippen LogP contribution < -0.4 is 5.48 Å². The highest BCUT2D eigenvalue weighted by molar-refractivity contribution is 5.91. The normalized spacial score (nSPS) is 10.1. The van der Waals surface area contributed by atoms with E-state index >= 15 is 0 Å². The second kappa shape index (κ2) is 5.36. The summed E-state index contributed by atoms with van der Waals surface area (Å²) in [5, 5.41) is 0. The van der Waals surface area contributed by atoms with Crippen molar-refractivity contribution >= 4 is 5.91 Å². The lowest BCUT2D eigenvalue weighted by Crippen LogP contribution is -2.25. The van der Waals surface area contributed by atoms with Crippen molar-refractivity contribution in [2.75, 3.05) is 20.3 Å². The Morgan fingerprint density at radius 2 is 2.43 bits per heavy atom. The third-order valence-corrected chi connectivity index (χ3v) is 1.51. The lowest BCUT2D eigenvalue weighted by atomic mass is 10.4. The number of hydrogen-bond acceptors (Lipinski definition) is 5. The van der Waals surface area contributed by atoms with Gasteiger partial charge in [0, 0.05) is 7.11 Å². The van der Waals surface area contributed by atoms with E-state index in [0.717, 1.165) is 0 Å². The fraction of sp³-hybridized carbons (Fsp3) is 0.500. The Morgan fingerprint density at radius 1 is 1.64 bits per heavy atom. The molecule has 1 rings (SSSR count). The number of nitrogens with zero attached hydrogens (tertiary/aromatic N) is 1. The number of ether oxygens (including phenoxy) is 1. The summed E-state index contributed by atoms with van der Waals surface area (Å²) in [7, 11) is 1.55. The van der Waals surface area contributed by atoms with Crippen LogP contribution in [0.1, 0.15) is 16.2 Å². The number of carbonyl (C=O) groups is 1. The molecule has 6 nitrogen and oxygen atoms in total. The Labute approximate surface area is 81.2 Å². The van der Waals surface area contributed by atoms with Crippen LogP contribution in [-0.2, 0) is 9.57 Å². The lowest BCUT2D eigenvalue weighted by Gasteiger charge is -2.02. The number of amides is 1. The van der Waals surface area contributed by atoms with Gasteiger partial charge < -0.3 is 9.15 Å². The first-order chi connectivity index (χ1) is 6.75. The number of nitrogens with one attached hydrogen (secondary N) is 1. The van der Waals surface area contributed by atoms with Gasteiger partial charge in [-0.3, -0.25) is 9.63 Å². The van der Waals surface area contributed by atoms with Crippen molar-refractivity contribution in [3.8, 4) is 0 Å². The number of methoxy groups -OCH3 is 1. The second-order valence-corrected chi connectivity index (χ2v) is 2.54. The van der Waals surface area contributed by atoms with E-state index in [1.807, 2.05) is 0 Å². The van der Waals surface area contributed by atoms with E-state index < -0.39 is 5.91 Å². The number of hydroxylamine groups is 1. The summed E-state index contributed by atoms with van der Waals surface area (Å²) in [5.74, 6) is -0.293. The van der Waals surface area contributed by atoms with Crippen LogP contribution >= 0.6 is 0 Å². The van der Waals surface area contributed by atoms with Gasteiger partial charge in [-0.1, -0.05) is 0 Å². The molecular weight excluding hydrogens is 188 g/mol. The van der Waals surface area contributed by atoms with Crippen molar-refractivity contribution in [2.45, 2.75) is 6.92 Å². The van der Waals surface area contributed by atoms with Gasteiger partial charge in [-0.15, -0.1) is 0 Å². The molecule has 0 spiro atoms. The number of hydrogen-bond donors (Lipinski definition) is 1. The molecule has 1 aromatic heterocycles. The molecule has 0 bridgehead atoms. The zero-order valence-corrected chi connectivity index (χ0v) is 8.07. The molecule has 0 aliphatic heterocycles. The van der Waals surface area contributed by atoms with E-state index in [2.05, 4.69) is 10.5 Å². The van der Waals surface area contributed by atoms with Gasteiger partial charge in [0.15, 0.2) is 6.39 Å². The van der Waals surface area contributed by atoms with Crippen LogP contribution in [0.4, 0.5) is 0 Å². The quantitative estimate of drug-likeness (QED) is 0.546. The van der Waals surface area contributed by atoms with Crippen LogP contribution in [0.3, 0.4) is 0 Å². The standard InChI is InChI=1S/C8H12N2O4/c1-6-7(13-5-9-6)8(11)10-14-4-3-12-2/h5H,3-4H2,1-2H3,(H,10,11). The van der Waals surface area contributed by atoms with Crippen LogP contribution in [0.15, 0.2) is 10.8 Å². The molecule has 6 heteroatoms. The molecule has 0 saturated heterocycles. The average molecular weight is 200 g/mol. The van der Waals surface area contributed by atoms with Crippen molar-refractivity contribution < 1.29 is 18.8 Å². The van der Waals surface area contributed by atoms with Gasteiger partial charge >= 0.3 is 5.91 Å². The van der Waals surface area contributed by atoms with Crippen molar-refractivity contribution in [2.24, 2.45) is 0 Å². The first-order valence-electron chi connectivity index (χ1n) is 4.07. The van der Waals surface area contributed by atoms with E-state index in [4.69, 9.17) is 14.0 Å².